The third kappa shape index (κ3) is 4.22. The Kier molecular flexibility index (Phi) is 6.01. The Bertz CT molecular complexity index is 578. The van der Waals surface area contributed by atoms with Crippen molar-refractivity contribution in [3.8, 4) is 0 Å². The van der Waals surface area contributed by atoms with Crippen molar-refractivity contribution in [3.63, 3.8) is 0 Å². The highest BCUT2D eigenvalue weighted by molar-refractivity contribution is 7.80. The summed E-state index contributed by atoms with van der Waals surface area (Å²) >= 11 is 11.8. The van der Waals surface area contributed by atoms with Gasteiger partial charge in [-0.1, -0.05) is 30.5 Å². The van der Waals surface area contributed by atoms with Gasteiger partial charge in [-0.25, -0.2) is 0 Å². The molecule has 0 atom stereocenters. The van der Waals surface area contributed by atoms with E-state index in [1.54, 1.807) is 0 Å². The molecule has 132 valence electrons. The van der Waals surface area contributed by atoms with Crippen molar-refractivity contribution >= 4 is 34.6 Å². The summed E-state index contributed by atoms with van der Waals surface area (Å²) in [5.74, 6) is 0. The molecule has 1 N–H and O–H groups in total. The van der Waals surface area contributed by atoms with Gasteiger partial charge in [0.05, 0.1) is 0 Å². The fraction of sp³-hybridized carbons (Fsp3) is 0.632. The average molecular weight is 366 g/mol. The molecule has 2 aliphatic rings. The number of anilines is 1. The van der Waals surface area contributed by atoms with Crippen LogP contribution in [0, 0.1) is 6.92 Å². The molecule has 1 aliphatic carbocycles. The van der Waals surface area contributed by atoms with Gasteiger partial charge < -0.3 is 15.1 Å². The summed E-state index contributed by atoms with van der Waals surface area (Å²) in [6, 6.07) is 7.52. The van der Waals surface area contributed by atoms with Crippen LogP contribution in [0.25, 0.3) is 0 Å². The van der Waals surface area contributed by atoms with Gasteiger partial charge in [-0.15, -0.1) is 0 Å². The molecule has 1 heterocycles. The second kappa shape index (κ2) is 8.03. The summed E-state index contributed by atoms with van der Waals surface area (Å²) in [5, 5.41) is 4.93. The molecule has 1 aliphatic heterocycles. The molecule has 0 aromatic heterocycles. The second-order valence-corrected chi connectivity index (χ2v) is 8.01. The maximum absolute atomic E-state index is 6.20. The molecule has 0 bridgehead atoms. The van der Waals surface area contributed by atoms with Gasteiger partial charge in [0.15, 0.2) is 5.11 Å². The van der Waals surface area contributed by atoms with Gasteiger partial charge in [-0.2, -0.15) is 0 Å². The Morgan fingerprint density at radius 1 is 1.17 bits per heavy atom. The van der Waals surface area contributed by atoms with Gasteiger partial charge >= 0.3 is 0 Å². The summed E-state index contributed by atoms with van der Waals surface area (Å²) in [7, 11) is 2.32. The van der Waals surface area contributed by atoms with Gasteiger partial charge in [0.1, 0.15) is 0 Å². The van der Waals surface area contributed by atoms with Crippen LogP contribution in [0.3, 0.4) is 0 Å². The van der Waals surface area contributed by atoms with Crippen molar-refractivity contribution in [2.45, 2.75) is 57.5 Å². The molecule has 3 rings (SSSR count). The van der Waals surface area contributed by atoms with Gasteiger partial charge in [0, 0.05) is 35.9 Å². The molecule has 5 heteroatoms. The highest BCUT2D eigenvalue weighted by Gasteiger charge is 2.29. The minimum absolute atomic E-state index is 0.709. The molecule has 0 spiro atoms. The summed E-state index contributed by atoms with van der Waals surface area (Å²) in [5.41, 5.74) is 2.06. The van der Waals surface area contributed by atoms with Crippen molar-refractivity contribution in [2.75, 3.05) is 25.5 Å². The van der Waals surface area contributed by atoms with E-state index in [2.05, 4.69) is 22.2 Å². The number of piperidine rings is 1. The molecule has 24 heavy (non-hydrogen) atoms. The standard InChI is InChI=1S/C19H28ClN3S/c1-14-7-8-15(13-18(14)20)21-19(24)23-11-9-17(10-12-23)22(2)16-5-3-4-6-16/h7-8,13,16-17H,3-6,9-12H2,1-2H3,(H,21,24). The van der Waals surface area contributed by atoms with Crippen LogP contribution in [-0.4, -0.2) is 47.1 Å². The molecule has 1 saturated heterocycles. The minimum Gasteiger partial charge on any atom is -0.349 e. The minimum atomic E-state index is 0.709. The van der Waals surface area contributed by atoms with Crippen LogP contribution >= 0.6 is 23.8 Å². The lowest BCUT2D eigenvalue weighted by Gasteiger charge is -2.40. The Hall–Kier alpha value is -0.840. The van der Waals surface area contributed by atoms with E-state index >= 15 is 0 Å². The molecule has 3 nitrogen and oxygen atoms in total. The van der Waals surface area contributed by atoms with Gasteiger partial charge in [-0.05, 0) is 69.6 Å². The van der Waals surface area contributed by atoms with Crippen LogP contribution in [0.4, 0.5) is 5.69 Å². The predicted octanol–water partition coefficient (Wildman–Crippen LogP) is 4.68. The van der Waals surface area contributed by atoms with E-state index in [9.17, 15) is 0 Å². The number of hydrogen-bond donors (Lipinski definition) is 1. The predicted molar refractivity (Wildman–Crippen MR) is 107 cm³/mol. The third-order valence-corrected chi connectivity index (χ3v) is 6.42. The maximum Gasteiger partial charge on any atom is 0.173 e. The number of nitrogens with one attached hydrogen (secondary N) is 1. The SMILES string of the molecule is Cc1ccc(NC(=S)N2CCC(N(C)C3CCCC3)CC2)cc1Cl. The molecule has 1 aromatic carbocycles. The number of hydrogen-bond acceptors (Lipinski definition) is 2. The smallest absolute Gasteiger partial charge is 0.173 e. The number of nitrogens with zero attached hydrogens (tertiary/aromatic N) is 2. The third-order valence-electron chi connectivity index (χ3n) is 5.65. The zero-order valence-electron chi connectivity index (χ0n) is 14.7. The van der Waals surface area contributed by atoms with Crippen LogP contribution in [0.15, 0.2) is 18.2 Å². The van der Waals surface area contributed by atoms with E-state index in [1.165, 1.54) is 38.5 Å². The number of thiocarbonyl (C=S) groups is 1. The van der Waals surface area contributed by atoms with Crippen LogP contribution in [-0.2, 0) is 0 Å². The molecule has 0 radical (unpaired) electrons. The number of likely N-dealkylation sites (tertiary alicyclic amines) is 1. The van der Waals surface area contributed by atoms with E-state index < -0.39 is 0 Å². The summed E-state index contributed by atoms with van der Waals surface area (Å²) in [4.78, 5) is 4.93. The zero-order chi connectivity index (χ0) is 17.1. The van der Waals surface area contributed by atoms with E-state index in [-0.39, 0.29) is 0 Å². The van der Waals surface area contributed by atoms with Gasteiger partial charge in [0.2, 0.25) is 0 Å². The Morgan fingerprint density at radius 3 is 2.42 bits per heavy atom. The summed E-state index contributed by atoms with van der Waals surface area (Å²) < 4.78 is 0. The first kappa shape index (κ1) is 18.0. The van der Waals surface area contributed by atoms with E-state index in [0.29, 0.717) is 6.04 Å². The lowest BCUT2D eigenvalue weighted by molar-refractivity contribution is 0.122. The fourth-order valence-electron chi connectivity index (χ4n) is 3.96. The fourth-order valence-corrected chi connectivity index (χ4v) is 4.44. The molecular formula is C19H28ClN3S. The first-order valence-corrected chi connectivity index (χ1v) is 9.87. The number of rotatable bonds is 3. The first-order valence-electron chi connectivity index (χ1n) is 9.08. The first-order chi connectivity index (χ1) is 11.5. The van der Waals surface area contributed by atoms with Crippen LogP contribution in [0.2, 0.25) is 5.02 Å². The molecule has 0 amide bonds. The van der Waals surface area contributed by atoms with Crippen molar-refractivity contribution in [1.82, 2.24) is 9.80 Å². The highest BCUT2D eigenvalue weighted by atomic mass is 35.5. The number of halogens is 1. The quantitative estimate of drug-likeness (QED) is 0.783. The molecule has 0 unspecified atom stereocenters. The second-order valence-electron chi connectivity index (χ2n) is 7.22. The van der Waals surface area contributed by atoms with Crippen molar-refractivity contribution in [1.29, 1.82) is 0 Å². The molecule has 2 fully saturated rings. The Morgan fingerprint density at radius 2 is 1.79 bits per heavy atom. The number of aryl methyl sites for hydroxylation is 1. The van der Waals surface area contributed by atoms with Crippen LogP contribution < -0.4 is 5.32 Å². The molecule has 1 aromatic rings. The average Bonchev–Trinajstić information content (AvgIpc) is 3.12. The summed E-state index contributed by atoms with van der Waals surface area (Å²) in [6.45, 7) is 4.08. The zero-order valence-corrected chi connectivity index (χ0v) is 16.3. The van der Waals surface area contributed by atoms with E-state index in [1.807, 2.05) is 25.1 Å². The normalized spacial score (nSPS) is 19.9. The topological polar surface area (TPSA) is 18.5 Å². The van der Waals surface area contributed by atoms with E-state index in [0.717, 1.165) is 40.5 Å². The largest absolute Gasteiger partial charge is 0.349 e. The van der Waals surface area contributed by atoms with Gasteiger partial charge in [-0.3, -0.25) is 0 Å². The highest BCUT2D eigenvalue weighted by Crippen LogP contribution is 2.27. The Balaban J connectivity index is 1.50. The van der Waals surface area contributed by atoms with E-state index in [4.69, 9.17) is 23.8 Å². The Labute approximate surface area is 156 Å². The van der Waals surface area contributed by atoms with Crippen molar-refractivity contribution in [2.24, 2.45) is 0 Å². The van der Waals surface area contributed by atoms with Crippen molar-refractivity contribution in [3.05, 3.63) is 28.8 Å². The number of benzene rings is 1. The van der Waals surface area contributed by atoms with Crippen LogP contribution in [0.5, 0.6) is 0 Å². The lowest BCUT2D eigenvalue weighted by Crippen LogP contribution is -2.48. The monoisotopic (exact) mass is 365 g/mol. The summed E-state index contributed by atoms with van der Waals surface area (Å²) in [6.07, 6.45) is 7.96. The lowest BCUT2D eigenvalue weighted by atomic mass is 10.0. The maximum atomic E-state index is 6.20. The molecule has 1 saturated carbocycles. The van der Waals surface area contributed by atoms with Crippen molar-refractivity contribution < 1.29 is 0 Å². The van der Waals surface area contributed by atoms with Gasteiger partial charge in [0.25, 0.3) is 0 Å². The van der Waals surface area contributed by atoms with Crippen LogP contribution in [0.1, 0.15) is 44.1 Å². The molecular weight excluding hydrogens is 338 g/mol.